The number of carbonyl (C=O) groups excluding carboxylic acids is 1. The molecule has 1 heterocycles. The van der Waals surface area contributed by atoms with Gasteiger partial charge in [-0.15, -0.1) is 0 Å². The minimum absolute atomic E-state index is 0.0909. The Bertz CT molecular complexity index is 950. The molecule has 0 fully saturated rings. The van der Waals surface area contributed by atoms with Gasteiger partial charge >= 0.3 is 0 Å². The van der Waals surface area contributed by atoms with Gasteiger partial charge in [0.25, 0.3) is 11.5 Å². The van der Waals surface area contributed by atoms with E-state index in [1.165, 1.54) is 6.20 Å². The Kier molecular flexibility index (Phi) is 5.89. The number of ether oxygens (including phenoxy) is 2. The summed E-state index contributed by atoms with van der Waals surface area (Å²) >= 11 is 0. The van der Waals surface area contributed by atoms with Gasteiger partial charge in [-0.1, -0.05) is 30.3 Å². The van der Waals surface area contributed by atoms with Crippen molar-refractivity contribution in [3.8, 4) is 22.6 Å². The van der Waals surface area contributed by atoms with Crippen LogP contribution >= 0.6 is 0 Å². The van der Waals surface area contributed by atoms with E-state index in [2.05, 4.69) is 10.3 Å². The van der Waals surface area contributed by atoms with Crippen molar-refractivity contribution < 1.29 is 14.3 Å². The lowest BCUT2D eigenvalue weighted by atomic mass is 10.0. The van der Waals surface area contributed by atoms with E-state index < -0.39 is 11.5 Å². The highest BCUT2D eigenvalue weighted by Crippen LogP contribution is 2.20. The number of hydrogen-bond donors (Lipinski definition) is 2. The molecule has 0 saturated heterocycles. The number of methoxy groups -OCH3 is 1. The van der Waals surface area contributed by atoms with Crippen LogP contribution in [0.25, 0.3) is 11.1 Å². The van der Waals surface area contributed by atoms with Gasteiger partial charge in [-0.3, -0.25) is 9.59 Å². The molecule has 1 aromatic heterocycles. The van der Waals surface area contributed by atoms with E-state index in [4.69, 9.17) is 9.47 Å². The van der Waals surface area contributed by atoms with E-state index in [1.807, 2.05) is 30.3 Å². The first-order valence-electron chi connectivity index (χ1n) is 8.51. The van der Waals surface area contributed by atoms with Crippen molar-refractivity contribution in [3.05, 3.63) is 82.8 Å². The summed E-state index contributed by atoms with van der Waals surface area (Å²) in [6.07, 6.45) is 1.54. The quantitative estimate of drug-likeness (QED) is 0.632. The predicted molar refractivity (Wildman–Crippen MR) is 103 cm³/mol. The molecular formula is C21H20N2O4. The predicted octanol–water partition coefficient (Wildman–Crippen LogP) is 2.86. The van der Waals surface area contributed by atoms with Crippen molar-refractivity contribution in [1.29, 1.82) is 0 Å². The van der Waals surface area contributed by atoms with Crippen LogP contribution in [0.2, 0.25) is 0 Å². The Balaban J connectivity index is 1.63. The molecule has 27 heavy (non-hydrogen) atoms. The molecule has 6 nitrogen and oxygen atoms in total. The number of nitrogens with one attached hydrogen (secondary N) is 2. The number of H-pyrrole nitrogens is 1. The van der Waals surface area contributed by atoms with Crippen LogP contribution in [0.1, 0.15) is 10.4 Å². The van der Waals surface area contributed by atoms with Gasteiger partial charge in [0.2, 0.25) is 0 Å². The number of rotatable bonds is 7. The minimum atomic E-state index is -0.436. The Labute approximate surface area is 156 Å². The maximum Gasteiger partial charge on any atom is 0.261 e. The Morgan fingerprint density at radius 3 is 2.41 bits per heavy atom. The molecule has 3 rings (SSSR count). The van der Waals surface area contributed by atoms with Crippen LogP contribution in [0.4, 0.5) is 0 Å². The Morgan fingerprint density at radius 2 is 1.70 bits per heavy atom. The van der Waals surface area contributed by atoms with Crippen LogP contribution < -0.4 is 20.3 Å². The van der Waals surface area contributed by atoms with Gasteiger partial charge in [-0.2, -0.15) is 0 Å². The fraction of sp³-hybridized carbons (Fsp3) is 0.143. The molecule has 0 unspecified atom stereocenters. The molecule has 138 valence electrons. The summed E-state index contributed by atoms with van der Waals surface area (Å²) < 4.78 is 10.7. The number of aromatic nitrogens is 1. The molecule has 2 aromatic carbocycles. The second-order valence-electron chi connectivity index (χ2n) is 5.74. The molecule has 0 bridgehead atoms. The summed E-state index contributed by atoms with van der Waals surface area (Å²) in [7, 11) is 1.60. The molecule has 6 heteroatoms. The maximum absolute atomic E-state index is 12.6. The van der Waals surface area contributed by atoms with E-state index in [1.54, 1.807) is 37.4 Å². The smallest absolute Gasteiger partial charge is 0.261 e. The van der Waals surface area contributed by atoms with Gasteiger partial charge in [-0.25, -0.2) is 0 Å². The lowest BCUT2D eigenvalue weighted by molar-refractivity contribution is 0.0946. The fourth-order valence-electron chi connectivity index (χ4n) is 2.66. The second-order valence-corrected chi connectivity index (χ2v) is 5.74. The molecule has 0 atom stereocenters. The Hall–Kier alpha value is -3.54. The molecule has 0 aliphatic heterocycles. The van der Waals surface area contributed by atoms with Crippen LogP contribution in [-0.4, -0.2) is 31.2 Å². The third-order valence-electron chi connectivity index (χ3n) is 3.99. The zero-order valence-electron chi connectivity index (χ0n) is 14.9. The molecule has 2 N–H and O–H groups in total. The summed E-state index contributed by atoms with van der Waals surface area (Å²) in [4.78, 5) is 27.3. The van der Waals surface area contributed by atoms with Gasteiger partial charge in [0.1, 0.15) is 23.7 Å². The van der Waals surface area contributed by atoms with E-state index in [9.17, 15) is 9.59 Å². The summed E-state index contributed by atoms with van der Waals surface area (Å²) in [5.41, 5.74) is 1.06. The third-order valence-corrected chi connectivity index (χ3v) is 3.99. The lowest BCUT2D eigenvalue weighted by Gasteiger charge is -2.10. The number of pyridine rings is 1. The van der Waals surface area contributed by atoms with Crippen molar-refractivity contribution in [2.75, 3.05) is 20.3 Å². The van der Waals surface area contributed by atoms with Gasteiger partial charge in [0.05, 0.1) is 13.7 Å². The molecule has 3 aromatic rings. The molecule has 0 radical (unpaired) electrons. The van der Waals surface area contributed by atoms with Crippen molar-refractivity contribution in [3.63, 3.8) is 0 Å². The average molecular weight is 364 g/mol. The number of benzene rings is 2. The van der Waals surface area contributed by atoms with E-state index in [-0.39, 0.29) is 18.7 Å². The summed E-state index contributed by atoms with van der Waals surface area (Å²) in [5, 5.41) is 2.73. The maximum atomic E-state index is 12.6. The largest absolute Gasteiger partial charge is 0.497 e. The number of hydrogen-bond acceptors (Lipinski definition) is 4. The Morgan fingerprint density at radius 1 is 1.00 bits per heavy atom. The first kappa shape index (κ1) is 18.3. The van der Waals surface area contributed by atoms with Crippen LogP contribution in [0.15, 0.2) is 71.7 Å². The van der Waals surface area contributed by atoms with Crippen LogP contribution in [0.5, 0.6) is 11.5 Å². The molecule has 1 amide bonds. The minimum Gasteiger partial charge on any atom is -0.497 e. The number of aromatic amines is 1. The fourth-order valence-corrected chi connectivity index (χ4v) is 2.66. The zero-order valence-corrected chi connectivity index (χ0v) is 14.9. The monoisotopic (exact) mass is 364 g/mol. The number of carbonyl (C=O) groups is 1. The first-order chi connectivity index (χ1) is 13.2. The van der Waals surface area contributed by atoms with Crippen molar-refractivity contribution in [1.82, 2.24) is 10.3 Å². The van der Waals surface area contributed by atoms with Gasteiger partial charge in [0, 0.05) is 11.8 Å². The molecular weight excluding hydrogens is 344 g/mol. The van der Waals surface area contributed by atoms with Gasteiger partial charge in [-0.05, 0) is 35.9 Å². The standard InChI is InChI=1S/C21H20N2O4/c1-26-16-7-9-17(10-8-16)27-14-13-23-21(25)19-18(11-12-22-20(19)24)15-5-3-2-4-6-15/h2-12H,13-14H2,1H3,(H,22,24)(H,23,25). The first-order valence-corrected chi connectivity index (χ1v) is 8.51. The molecule has 0 spiro atoms. The molecule has 0 aliphatic carbocycles. The molecule has 0 aliphatic rings. The summed E-state index contributed by atoms with van der Waals surface area (Å²) in [6.45, 7) is 0.552. The topological polar surface area (TPSA) is 80.4 Å². The van der Waals surface area contributed by atoms with Crippen molar-refractivity contribution >= 4 is 5.91 Å². The number of amides is 1. The van der Waals surface area contributed by atoms with Crippen LogP contribution in [0.3, 0.4) is 0 Å². The summed E-state index contributed by atoms with van der Waals surface area (Å²) in [6, 6.07) is 18.2. The van der Waals surface area contributed by atoms with Crippen molar-refractivity contribution in [2.24, 2.45) is 0 Å². The van der Waals surface area contributed by atoms with E-state index in [0.29, 0.717) is 11.3 Å². The van der Waals surface area contributed by atoms with E-state index >= 15 is 0 Å². The van der Waals surface area contributed by atoms with Crippen LogP contribution in [0, 0.1) is 0 Å². The summed E-state index contributed by atoms with van der Waals surface area (Å²) in [5.74, 6) is 0.981. The van der Waals surface area contributed by atoms with E-state index in [0.717, 1.165) is 11.3 Å². The normalized spacial score (nSPS) is 10.3. The van der Waals surface area contributed by atoms with Crippen molar-refractivity contribution in [2.45, 2.75) is 0 Å². The average Bonchev–Trinajstić information content (AvgIpc) is 2.72. The SMILES string of the molecule is COc1ccc(OCCNC(=O)c2c(-c3ccccc3)cc[nH]c2=O)cc1. The van der Waals surface area contributed by atoms with Gasteiger partial charge < -0.3 is 19.8 Å². The van der Waals surface area contributed by atoms with Crippen LogP contribution in [-0.2, 0) is 0 Å². The second kappa shape index (κ2) is 8.71. The third kappa shape index (κ3) is 4.55. The highest BCUT2D eigenvalue weighted by Gasteiger charge is 2.16. The highest BCUT2D eigenvalue weighted by molar-refractivity contribution is 6.00. The molecule has 0 saturated carbocycles. The van der Waals surface area contributed by atoms with Gasteiger partial charge in [0.15, 0.2) is 0 Å². The highest BCUT2D eigenvalue weighted by atomic mass is 16.5. The zero-order chi connectivity index (χ0) is 19.1. The lowest BCUT2D eigenvalue weighted by Crippen LogP contribution is -2.33.